The largest absolute Gasteiger partial charge is 0.481 e. The number of likely N-dealkylation sites (tertiary alicyclic amines) is 2. The smallest absolute Gasteiger partial charge is 0.338 e. The van der Waals surface area contributed by atoms with Crippen LogP contribution in [0.5, 0.6) is 0 Å². The topological polar surface area (TPSA) is 107 Å². The van der Waals surface area contributed by atoms with Crippen molar-refractivity contribution in [1.29, 1.82) is 0 Å². The Morgan fingerprint density at radius 1 is 1.26 bits per heavy atom. The molecular formula is C30H34F3N5O4S. The molecule has 230 valence electrons. The van der Waals surface area contributed by atoms with E-state index in [9.17, 15) is 19.1 Å². The molecule has 1 saturated carbocycles. The van der Waals surface area contributed by atoms with E-state index in [1.807, 2.05) is 4.90 Å². The maximum absolute atomic E-state index is 15.7. The molecule has 13 heteroatoms. The zero-order chi connectivity index (χ0) is 30.5. The normalized spacial score (nSPS) is 28.7. The summed E-state index contributed by atoms with van der Waals surface area (Å²) in [7, 11) is 0. The van der Waals surface area contributed by atoms with Gasteiger partial charge in [-0.15, -0.1) is 11.3 Å². The Hall–Kier alpha value is -3.29. The summed E-state index contributed by atoms with van der Waals surface area (Å²) in [6.45, 7) is 3.86. The van der Waals surface area contributed by atoms with Crippen LogP contribution >= 0.6 is 11.3 Å². The molecule has 0 amide bonds. The highest BCUT2D eigenvalue weighted by molar-refractivity contribution is 7.11. The summed E-state index contributed by atoms with van der Waals surface area (Å²) in [6.07, 6.45) is 3.17. The Labute approximate surface area is 251 Å². The van der Waals surface area contributed by atoms with Gasteiger partial charge in [-0.3, -0.25) is 19.6 Å². The number of halogens is 3. The van der Waals surface area contributed by atoms with Gasteiger partial charge >= 0.3 is 11.9 Å². The van der Waals surface area contributed by atoms with Crippen LogP contribution in [0, 0.1) is 24.6 Å². The maximum atomic E-state index is 15.7. The van der Waals surface area contributed by atoms with E-state index in [1.54, 1.807) is 42.5 Å². The molecule has 2 aromatic rings. The SMILES string of the molecule is CCOC(=O)C1=C(CN2CC(F)(F)[C@H]3[C@@H]2CCN3CC2CC(C(=O)O)C2)NC(c2nccs2)=N[C@H]1c1cccc(F)c1C. The van der Waals surface area contributed by atoms with Crippen molar-refractivity contribution < 1.29 is 32.6 Å². The molecule has 2 N–H and O–H groups in total. The zero-order valence-corrected chi connectivity index (χ0v) is 24.7. The second-order valence-electron chi connectivity index (χ2n) is 11.7. The van der Waals surface area contributed by atoms with Gasteiger partial charge in [0.1, 0.15) is 11.9 Å². The molecule has 0 unspecified atom stereocenters. The number of alkyl halides is 2. The van der Waals surface area contributed by atoms with E-state index in [0.29, 0.717) is 60.0 Å². The number of aliphatic carboxylic acids is 1. The molecule has 6 rings (SSSR count). The van der Waals surface area contributed by atoms with E-state index in [1.165, 1.54) is 17.4 Å². The Morgan fingerprint density at radius 3 is 2.74 bits per heavy atom. The summed E-state index contributed by atoms with van der Waals surface area (Å²) < 4.78 is 51.5. The molecular weight excluding hydrogens is 583 g/mol. The number of carbonyl (C=O) groups is 2. The standard InChI is InChI=1S/C30H34F3N5O4S/c1-3-42-29(41)23-21(35-26(27-34-8-10-43-27)36-24(23)19-5-4-6-20(31)16(19)2)14-38-15-30(32,33)25-22(38)7-9-37(25)13-17-11-18(12-17)28(39)40/h4-6,8,10,17-18,22,24-25H,3,7,9,11-15H2,1-2H3,(H,35,36)(H,39,40)/t17?,18?,22-,24-,25+/m0/s1. The van der Waals surface area contributed by atoms with Gasteiger partial charge < -0.3 is 15.2 Å². The van der Waals surface area contributed by atoms with Crippen LogP contribution in [0.1, 0.15) is 48.4 Å². The van der Waals surface area contributed by atoms with Gasteiger partial charge in [-0.1, -0.05) is 12.1 Å². The van der Waals surface area contributed by atoms with Gasteiger partial charge in [0.15, 0.2) is 10.8 Å². The zero-order valence-electron chi connectivity index (χ0n) is 23.9. The molecule has 0 bridgehead atoms. The predicted molar refractivity (Wildman–Crippen MR) is 153 cm³/mol. The summed E-state index contributed by atoms with van der Waals surface area (Å²) in [6, 6.07) is 2.21. The molecule has 9 nitrogen and oxygen atoms in total. The van der Waals surface area contributed by atoms with Gasteiger partial charge in [0.25, 0.3) is 5.92 Å². The number of nitrogens with zero attached hydrogens (tertiary/aromatic N) is 4. The minimum Gasteiger partial charge on any atom is -0.481 e. The predicted octanol–water partition coefficient (Wildman–Crippen LogP) is 4.00. The number of carboxylic acids is 1. The lowest BCUT2D eigenvalue weighted by Crippen LogP contribution is -2.49. The number of carbonyl (C=O) groups excluding carboxylic acids is 1. The molecule has 1 aromatic carbocycles. The summed E-state index contributed by atoms with van der Waals surface area (Å²) in [5, 5.41) is 14.8. The molecule has 0 radical (unpaired) electrons. The molecule has 0 spiro atoms. The van der Waals surface area contributed by atoms with Crippen molar-refractivity contribution in [1.82, 2.24) is 20.1 Å². The van der Waals surface area contributed by atoms with Gasteiger partial charge in [0.2, 0.25) is 0 Å². The first kappa shape index (κ1) is 29.8. The fourth-order valence-electron chi connectivity index (χ4n) is 7.01. The fourth-order valence-corrected chi connectivity index (χ4v) is 7.60. The summed E-state index contributed by atoms with van der Waals surface area (Å²) in [4.78, 5) is 37.4. The van der Waals surface area contributed by atoms with Gasteiger partial charge in [0.05, 0.1) is 30.7 Å². The monoisotopic (exact) mass is 617 g/mol. The van der Waals surface area contributed by atoms with Crippen LogP contribution in [0.4, 0.5) is 13.2 Å². The molecule has 3 atom stereocenters. The van der Waals surface area contributed by atoms with E-state index < -0.39 is 54.3 Å². The number of thiazole rings is 1. The number of aliphatic imine (C=N–C) groups is 1. The highest BCUT2D eigenvalue weighted by Crippen LogP contribution is 2.45. The van der Waals surface area contributed by atoms with Crippen molar-refractivity contribution in [3.63, 3.8) is 0 Å². The van der Waals surface area contributed by atoms with Crippen LogP contribution in [0.25, 0.3) is 0 Å². The number of ether oxygens (including phenoxy) is 1. The minimum atomic E-state index is -3.00. The van der Waals surface area contributed by atoms with Crippen molar-refractivity contribution in [3.8, 4) is 0 Å². The highest BCUT2D eigenvalue weighted by atomic mass is 32.1. The van der Waals surface area contributed by atoms with E-state index in [-0.39, 0.29) is 24.6 Å². The van der Waals surface area contributed by atoms with Crippen LogP contribution in [0.3, 0.4) is 0 Å². The molecule has 43 heavy (non-hydrogen) atoms. The van der Waals surface area contributed by atoms with E-state index in [4.69, 9.17) is 9.73 Å². The lowest BCUT2D eigenvalue weighted by atomic mass is 9.74. The number of hydrogen-bond donors (Lipinski definition) is 2. The van der Waals surface area contributed by atoms with Crippen molar-refractivity contribution in [2.24, 2.45) is 16.8 Å². The number of benzene rings is 1. The molecule has 3 fully saturated rings. The molecule has 1 aliphatic carbocycles. The first-order valence-electron chi connectivity index (χ1n) is 14.6. The summed E-state index contributed by atoms with van der Waals surface area (Å²) in [5.74, 6) is -4.84. The third-order valence-corrected chi connectivity index (χ3v) is 9.86. The second kappa shape index (κ2) is 11.7. The average Bonchev–Trinajstić information content (AvgIpc) is 3.66. The molecule has 3 aliphatic heterocycles. The number of nitrogens with one attached hydrogen (secondary N) is 1. The minimum absolute atomic E-state index is 0.0124. The van der Waals surface area contributed by atoms with E-state index >= 15 is 8.78 Å². The Morgan fingerprint density at radius 2 is 2.05 bits per heavy atom. The lowest BCUT2D eigenvalue weighted by Gasteiger charge is -2.38. The average molecular weight is 618 g/mol. The molecule has 1 aromatic heterocycles. The van der Waals surface area contributed by atoms with Crippen LogP contribution in [0.2, 0.25) is 0 Å². The number of rotatable bonds is 9. The number of hydrogen-bond acceptors (Lipinski definition) is 9. The number of amidine groups is 1. The first-order chi connectivity index (χ1) is 20.6. The van der Waals surface area contributed by atoms with Crippen LogP contribution in [-0.2, 0) is 14.3 Å². The maximum Gasteiger partial charge on any atom is 0.338 e. The molecule has 4 aliphatic rings. The Balaban J connectivity index is 1.32. The third-order valence-electron chi connectivity index (χ3n) is 9.08. The lowest BCUT2D eigenvalue weighted by molar-refractivity contribution is -0.147. The van der Waals surface area contributed by atoms with Crippen molar-refractivity contribution >= 4 is 29.1 Å². The number of esters is 1. The van der Waals surface area contributed by atoms with Crippen LogP contribution < -0.4 is 5.32 Å². The summed E-state index contributed by atoms with van der Waals surface area (Å²) >= 11 is 1.34. The van der Waals surface area contributed by atoms with Crippen molar-refractivity contribution in [2.75, 3.05) is 32.8 Å². The Bertz CT molecular complexity index is 1460. The fraction of sp³-hybridized carbons (Fsp3) is 0.533. The summed E-state index contributed by atoms with van der Waals surface area (Å²) in [5.41, 5.74) is 1.35. The van der Waals surface area contributed by atoms with Gasteiger partial charge in [-0.05, 0) is 56.2 Å². The van der Waals surface area contributed by atoms with Crippen LogP contribution in [0.15, 0.2) is 46.0 Å². The first-order valence-corrected chi connectivity index (χ1v) is 15.4. The van der Waals surface area contributed by atoms with Gasteiger partial charge in [-0.25, -0.2) is 22.9 Å². The van der Waals surface area contributed by atoms with Crippen molar-refractivity contribution in [2.45, 2.75) is 57.2 Å². The van der Waals surface area contributed by atoms with Gasteiger partial charge in [-0.2, -0.15) is 0 Å². The molecule has 2 saturated heterocycles. The van der Waals surface area contributed by atoms with Gasteiger partial charge in [0, 0.05) is 43.0 Å². The molecule has 4 heterocycles. The highest BCUT2D eigenvalue weighted by Gasteiger charge is 2.60. The third kappa shape index (κ3) is 5.58. The second-order valence-corrected chi connectivity index (χ2v) is 12.6. The van der Waals surface area contributed by atoms with Crippen molar-refractivity contribution in [3.05, 3.63) is 63.0 Å². The number of fused-ring (bicyclic) bond motifs is 1. The number of aromatic nitrogens is 1. The van der Waals surface area contributed by atoms with Crippen LogP contribution in [-0.4, -0.2) is 88.5 Å². The quantitative estimate of drug-likeness (QED) is 0.407. The van der Waals surface area contributed by atoms with E-state index in [2.05, 4.69) is 10.3 Å². The number of carboxylic acid groups (broad SMARTS) is 1. The van der Waals surface area contributed by atoms with E-state index in [0.717, 1.165) is 0 Å². The Kier molecular flexibility index (Phi) is 8.07.